The highest BCUT2D eigenvalue weighted by atomic mass is 19.1. The minimum atomic E-state index is -1.01. The van der Waals surface area contributed by atoms with Gasteiger partial charge in [-0.05, 0) is 43.2 Å². The first-order valence-corrected chi connectivity index (χ1v) is 8.83. The maximum atomic E-state index is 13.7. The topological polar surface area (TPSA) is 65.1 Å². The predicted molar refractivity (Wildman–Crippen MR) is 102 cm³/mol. The van der Waals surface area contributed by atoms with Crippen LogP contribution in [0.25, 0.3) is 16.8 Å². The van der Waals surface area contributed by atoms with Crippen molar-refractivity contribution in [3.63, 3.8) is 0 Å². The smallest absolute Gasteiger partial charge is 0.243 e. The Labute approximate surface area is 161 Å². The summed E-state index contributed by atoms with van der Waals surface area (Å²) in [6.07, 6.45) is 2.60. The van der Waals surface area contributed by atoms with Crippen LogP contribution in [0.3, 0.4) is 0 Å². The number of nitrogens with zero attached hydrogens (tertiary/aromatic N) is 4. The number of benzene rings is 1. The highest BCUT2D eigenvalue weighted by Gasteiger charge is 2.22. The van der Waals surface area contributed by atoms with Crippen molar-refractivity contribution in [2.45, 2.75) is 26.5 Å². The first-order chi connectivity index (χ1) is 13.3. The molecular formula is C20H22F2N4O2. The summed E-state index contributed by atoms with van der Waals surface area (Å²) in [4.78, 5) is 0. The molecule has 6 nitrogen and oxygen atoms in total. The zero-order chi connectivity index (χ0) is 20.4. The van der Waals surface area contributed by atoms with Crippen LogP contribution in [0.4, 0.5) is 8.78 Å². The normalized spacial score (nSPS) is 12.2. The van der Waals surface area contributed by atoms with E-state index in [2.05, 4.69) is 16.8 Å². The molecule has 0 spiro atoms. The van der Waals surface area contributed by atoms with E-state index in [1.807, 2.05) is 6.92 Å². The number of ether oxygens (including phenoxy) is 1. The van der Waals surface area contributed by atoms with Crippen molar-refractivity contribution in [3.8, 4) is 17.1 Å². The lowest BCUT2D eigenvalue weighted by molar-refractivity contribution is 0.182. The van der Waals surface area contributed by atoms with Gasteiger partial charge in [0.2, 0.25) is 12.7 Å². The van der Waals surface area contributed by atoms with Gasteiger partial charge in [0.15, 0.2) is 0 Å². The zero-order valence-corrected chi connectivity index (χ0v) is 16.0. The molecule has 0 saturated carbocycles. The van der Waals surface area contributed by atoms with Gasteiger partial charge in [0, 0.05) is 37.1 Å². The van der Waals surface area contributed by atoms with E-state index in [1.54, 1.807) is 41.8 Å². The van der Waals surface area contributed by atoms with Crippen molar-refractivity contribution in [2.24, 2.45) is 7.05 Å². The molecule has 0 unspecified atom stereocenters. The standard InChI is InChI=1S/C20H22F2N4O2/c1-5-26-10-18(20(24-26)28-11-21)12(2)17-9-25(4)23-19(17)15-7-6-14(22)8-16(15)13(3)27/h6-10,13,27H,2,5,11H2,1,3-4H3/t13-/m1/s1. The van der Waals surface area contributed by atoms with Crippen molar-refractivity contribution >= 4 is 5.57 Å². The molecule has 0 amide bonds. The number of rotatable bonds is 7. The van der Waals surface area contributed by atoms with Crippen LogP contribution in [0.1, 0.15) is 36.6 Å². The second-order valence-corrected chi connectivity index (χ2v) is 6.41. The lowest BCUT2D eigenvalue weighted by atomic mass is 9.94. The Morgan fingerprint density at radius 3 is 2.68 bits per heavy atom. The molecule has 0 aliphatic rings. The van der Waals surface area contributed by atoms with Gasteiger partial charge in [-0.15, -0.1) is 5.10 Å². The number of hydrogen-bond donors (Lipinski definition) is 1. The highest BCUT2D eigenvalue weighted by molar-refractivity contribution is 5.88. The van der Waals surface area contributed by atoms with Crippen molar-refractivity contribution in [1.29, 1.82) is 0 Å². The number of aromatic nitrogens is 4. The molecule has 0 aliphatic carbocycles. The third-order valence-electron chi connectivity index (χ3n) is 4.44. The summed E-state index contributed by atoms with van der Waals surface area (Å²) in [6, 6.07) is 4.17. The van der Waals surface area contributed by atoms with E-state index in [0.717, 1.165) is 0 Å². The van der Waals surface area contributed by atoms with Crippen LogP contribution in [0, 0.1) is 5.82 Å². The molecule has 2 aromatic heterocycles. The minimum Gasteiger partial charge on any atom is -0.444 e. The Morgan fingerprint density at radius 2 is 2.04 bits per heavy atom. The first-order valence-electron chi connectivity index (χ1n) is 8.83. The van der Waals surface area contributed by atoms with Crippen molar-refractivity contribution in [2.75, 3.05) is 6.86 Å². The molecule has 2 heterocycles. The first kappa shape index (κ1) is 19.8. The number of aliphatic hydroxyl groups excluding tert-OH is 1. The van der Waals surface area contributed by atoms with E-state index in [0.29, 0.717) is 40.1 Å². The Balaban J connectivity index is 2.14. The van der Waals surface area contributed by atoms with Crippen LogP contribution in [0.15, 0.2) is 37.2 Å². The summed E-state index contributed by atoms with van der Waals surface area (Å²) >= 11 is 0. The fourth-order valence-corrected chi connectivity index (χ4v) is 3.08. The quantitative estimate of drug-likeness (QED) is 0.667. The molecule has 0 aliphatic heterocycles. The van der Waals surface area contributed by atoms with Crippen molar-refractivity contribution in [1.82, 2.24) is 19.6 Å². The third-order valence-corrected chi connectivity index (χ3v) is 4.44. The summed E-state index contributed by atoms with van der Waals surface area (Å²) < 4.78 is 34.7. The van der Waals surface area contributed by atoms with Crippen LogP contribution >= 0.6 is 0 Å². The Kier molecular flexibility index (Phi) is 5.60. The zero-order valence-electron chi connectivity index (χ0n) is 16.0. The summed E-state index contributed by atoms with van der Waals surface area (Å²) in [5.41, 5.74) is 3.25. The average Bonchev–Trinajstić information content (AvgIpc) is 3.25. The third kappa shape index (κ3) is 3.68. The highest BCUT2D eigenvalue weighted by Crippen LogP contribution is 2.37. The van der Waals surface area contributed by atoms with E-state index < -0.39 is 18.8 Å². The molecular weight excluding hydrogens is 366 g/mol. The Hall–Kier alpha value is -3.00. The molecule has 3 rings (SSSR count). The number of alkyl halides is 1. The Bertz CT molecular complexity index is 1010. The molecule has 8 heteroatoms. The lowest BCUT2D eigenvalue weighted by Crippen LogP contribution is -1.99. The van der Waals surface area contributed by atoms with E-state index in [1.165, 1.54) is 12.1 Å². The number of aliphatic hydroxyl groups is 1. The van der Waals surface area contributed by atoms with Gasteiger partial charge in [-0.25, -0.2) is 8.78 Å². The number of aryl methyl sites for hydroxylation is 2. The molecule has 1 atom stereocenters. The molecule has 0 bridgehead atoms. The minimum absolute atomic E-state index is 0.138. The van der Waals surface area contributed by atoms with Gasteiger partial charge in [-0.3, -0.25) is 9.36 Å². The van der Waals surface area contributed by atoms with Crippen molar-refractivity contribution in [3.05, 3.63) is 59.7 Å². The largest absolute Gasteiger partial charge is 0.444 e. The summed E-state index contributed by atoms with van der Waals surface area (Å²) in [5.74, 6) is -0.308. The van der Waals surface area contributed by atoms with Crippen LogP contribution in [-0.2, 0) is 13.6 Å². The number of hydrogen-bond acceptors (Lipinski definition) is 4. The van der Waals surface area contributed by atoms with Gasteiger partial charge in [0.1, 0.15) is 11.5 Å². The van der Waals surface area contributed by atoms with Crippen LogP contribution < -0.4 is 4.74 Å². The maximum Gasteiger partial charge on any atom is 0.243 e. The van der Waals surface area contributed by atoms with Crippen molar-refractivity contribution < 1.29 is 18.6 Å². The fraction of sp³-hybridized carbons (Fsp3) is 0.300. The van der Waals surface area contributed by atoms with E-state index in [9.17, 15) is 13.9 Å². The van der Waals surface area contributed by atoms with E-state index in [4.69, 9.17) is 4.74 Å². The SMILES string of the molecule is C=C(c1cn(CC)nc1OCF)c1cn(C)nc1-c1ccc(F)cc1[C@@H](C)O. The van der Waals surface area contributed by atoms with Crippen LogP contribution in [0.5, 0.6) is 5.88 Å². The van der Waals surface area contributed by atoms with Crippen LogP contribution in [-0.4, -0.2) is 31.5 Å². The summed E-state index contributed by atoms with van der Waals surface area (Å²) in [7, 11) is 1.75. The van der Waals surface area contributed by atoms with Gasteiger partial charge < -0.3 is 9.84 Å². The van der Waals surface area contributed by atoms with Gasteiger partial charge in [0.05, 0.1) is 11.7 Å². The summed E-state index contributed by atoms with van der Waals surface area (Å²) in [5, 5.41) is 18.8. The molecule has 0 fully saturated rings. The monoisotopic (exact) mass is 388 g/mol. The van der Waals surface area contributed by atoms with Gasteiger partial charge in [0.25, 0.3) is 0 Å². The molecule has 3 aromatic rings. The van der Waals surface area contributed by atoms with Gasteiger partial charge >= 0.3 is 0 Å². The average molecular weight is 388 g/mol. The molecule has 1 aromatic carbocycles. The van der Waals surface area contributed by atoms with Crippen LogP contribution in [0.2, 0.25) is 0 Å². The Morgan fingerprint density at radius 1 is 1.29 bits per heavy atom. The van der Waals surface area contributed by atoms with Gasteiger partial charge in [-0.1, -0.05) is 6.58 Å². The molecule has 0 radical (unpaired) electrons. The summed E-state index contributed by atoms with van der Waals surface area (Å²) in [6.45, 7) is 7.17. The van der Waals surface area contributed by atoms with E-state index in [-0.39, 0.29) is 5.88 Å². The second kappa shape index (κ2) is 7.93. The lowest BCUT2D eigenvalue weighted by Gasteiger charge is -2.13. The molecule has 0 saturated heterocycles. The molecule has 148 valence electrons. The van der Waals surface area contributed by atoms with Gasteiger partial charge in [-0.2, -0.15) is 5.10 Å². The van der Waals surface area contributed by atoms with E-state index >= 15 is 0 Å². The maximum absolute atomic E-state index is 13.7. The fourth-order valence-electron chi connectivity index (χ4n) is 3.08. The second-order valence-electron chi connectivity index (χ2n) is 6.41. The number of halogens is 2. The molecule has 1 N–H and O–H groups in total. The molecule has 28 heavy (non-hydrogen) atoms. The predicted octanol–water partition coefficient (Wildman–Crippen LogP) is 3.86.